The van der Waals surface area contributed by atoms with Crippen LogP contribution in [0.3, 0.4) is 0 Å². The van der Waals surface area contributed by atoms with Gasteiger partial charge in [0, 0.05) is 23.9 Å². The quantitative estimate of drug-likeness (QED) is 0.907. The summed E-state index contributed by atoms with van der Waals surface area (Å²) in [4.78, 5) is 30.3. The third-order valence-corrected chi connectivity index (χ3v) is 6.38. The Hall–Kier alpha value is -1.40. The summed E-state index contributed by atoms with van der Waals surface area (Å²) >= 11 is 1.64. The molecule has 0 aromatic carbocycles. The smallest absolute Gasteiger partial charge is 0.243 e. The van der Waals surface area contributed by atoms with E-state index in [4.69, 9.17) is 0 Å². The molecule has 4 aliphatic rings. The summed E-state index contributed by atoms with van der Waals surface area (Å²) in [6.07, 6.45) is 3.52. The topological polar surface area (TPSA) is 52.7 Å². The Kier molecular flexibility index (Phi) is 4.11. The highest BCUT2D eigenvalue weighted by Crippen LogP contribution is 2.29. The summed E-state index contributed by atoms with van der Waals surface area (Å²) in [6.45, 7) is 3.88. The minimum Gasteiger partial charge on any atom is -0.350 e. The van der Waals surface area contributed by atoms with Crippen LogP contribution in [0.5, 0.6) is 0 Å². The van der Waals surface area contributed by atoms with E-state index in [1.807, 2.05) is 17.5 Å². The van der Waals surface area contributed by atoms with Gasteiger partial charge in [0.15, 0.2) is 0 Å². The summed E-state index contributed by atoms with van der Waals surface area (Å²) in [7, 11) is 0. The molecule has 5 rings (SSSR count). The molecular formula is C17H23N3O2S. The molecule has 5 heterocycles. The van der Waals surface area contributed by atoms with E-state index in [1.165, 1.54) is 25.9 Å². The van der Waals surface area contributed by atoms with Crippen molar-refractivity contribution in [2.24, 2.45) is 5.92 Å². The molecule has 0 aliphatic carbocycles. The van der Waals surface area contributed by atoms with Crippen LogP contribution in [-0.2, 0) is 16.1 Å². The van der Waals surface area contributed by atoms with Crippen LogP contribution in [0, 0.1) is 5.92 Å². The first kappa shape index (κ1) is 15.1. The Balaban J connectivity index is 1.41. The fraction of sp³-hybridized carbons (Fsp3) is 0.647. The van der Waals surface area contributed by atoms with Gasteiger partial charge in [0.1, 0.15) is 6.04 Å². The van der Waals surface area contributed by atoms with E-state index in [2.05, 4.69) is 10.2 Å². The van der Waals surface area contributed by atoms with Gasteiger partial charge in [-0.3, -0.25) is 9.59 Å². The van der Waals surface area contributed by atoms with Crippen molar-refractivity contribution >= 4 is 23.2 Å². The van der Waals surface area contributed by atoms with Crippen LogP contribution in [0.25, 0.3) is 0 Å². The number of hydrogen-bond acceptors (Lipinski definition) is 4. The molecule has 0 radical (unpaired) electrons. The predicted octanol–water partition coefficient (Wildman–Crippen LogP) is 1.45. The molecule has 2 atom stereocenters. The second kappa shape index (κ2) is 6.24. The maximum absolute atomic E-state index is 12.8. The minimum absolute atomic E-state index is 0.0474. The summed E-state index contributed by atoms with van der Waals surface area (Å²) in [6, 6.07) is 3.99. The Bertz CT molecular complexity index is 581. The number of hydrogen-bond donors (Lipinski definition) is 1. The molecule has 2 unspecified atom stereocenters. The van der Waals surface area contributed by atoms with Crippen LogP contribution in [0.2, 0.25) is 0 Å². The van der Waals surface area contributed by atoms with E-state index in [-0.39, 0.29) is 23.9 Å². The van der Waals surface area contributed by atoms with Gasteiger partial charge in [0.05, 0.1) is 6.54 Å². The van der Waals surface area contributed by atoms with Crippen molar-refractivity contribution in [3.05, 3.63) is 22.4 Å². The Labute approximate surface area is 140 Å². The molecule has 6 heteroatoms. The highest BCUT2D eigenvalue weighted by atomic mass is 32.1. The average molecular weight is 333 g/mol. The Morgan fingerprint density at radius 1 is 1.30 bits per heavy atom. The van der Waals surface area contributed by atoms with Gasteiger partial charge in [-0.25, -0.2) is 0 Å². The van der Waals surface area contributed by atoms with E-state index in [0.717, 1.165) is 11.4 Å². The number of carbonyl (C=O) groups excluding carboxylic acids is 2. The van der Waals surface area contributed by atoms with Crippen LogP contribution < -0.4 is 5.32 Å². The second-order valence-corrected chi connectivity index (χ2v) is 7.94. The molecule has 4 fully saturated rings. The molecule has 0 spiro atoms. The van der Waals surface area contributed by atoms with E-state index in [1.54, 1.807) is 16.2 Å². The third-order valence-electron chi connectivity index (χ3n) is 5.52. The average Bonchev–Trinajstić information content (AvgIpc) is 3.20. The summed E-state index contributed by atoms with van der Waals surface area (Å²) in [5, 5.41) is 5.26. The Morgan fingerprint density at radius 2 is 2.13 bits per heavy atom. The lowest BCUT2D eigenvalue weighted by atomic mass is 9.84. The standard InChI is InChI=1S/C17H23N3O2S/c21-16-4-3-15(20(16)10-13-2-1-9-23-13)17(22)18-14-11-19-7-5-12(14)6-8-19/h1-2,9,12,14-15H,3-8,10-11H2,(H,18,22). The number of thiophene rings is 1. The van der Waals surface area contributed by atoms with E-state index in [9.17, 15) is 9.59 Å². The number of fused-ring (bicyclic) bond motifs is 3. The van der Waals surface area contributed by atoms with E-state index in [0.29, 0.717) is 25.3 Å². The number of piperidine rings is 3. The molecule has 1 aromatic rings. The highest BCUT2D eigenvalue weighted by molar-refractivity contribution is 7.09. The molecule has 0 saturated carbocycles. The number of rotatable bonds is 4. The lowest BCUT2D eigenvalue weighted by Crippen LogP contribution is -2.59. The van der Waals surface area contributed by atoms with Crippen molar-refractivity contribution in [1.29, 1.82) is 0 Å². The van der Waals surface area contributed by atoms with Crippen LogP contribution in [0.15, 0.2) is 17.5 Å². The van der Waals surface area contributed by atoms with Crippen LogP contribution in [0.1, 0.15) is 30.6 Å². The maximum atomic E-state index is 12.8. The zero-order chi connectivity index (χ0) is 15.8. The number of amides is 2. The normalized spacial score (nSPS) is 33.2. The van der Waals surface area contributed by atoms with Crippen LogP contribution >= 0.6 is 11.3 Å². The lowest BCUT2D eigenvalue weighted by molar-refractivity contribution is -0.136. The lowest BCUT2D eigenvalue weighted by Gasteiger charge is -2.45. The van der Waals surface area contributed by atoms with Crippen molar-refractivity contribution in [2.75, 3.05) is 19.6 Å². The van der Waals surface area contributed by atoms with Crippen molar-refractivity contribution in [3.63, 3.8) is 0 Å². The van der Waals surface area contributed by atoms with E-state index < -0.39 is 0 Å². The van der Waals surface area contributed by atoms with Gasteiger partial charge in [-0.05, 0) is 49.7 Å². The maximum Gasteiger partial charge on any atom is 0.243 e. The number of carbonyl (C=O) groups is 2. The molecular weight excluding hydrogens is 310 g/mol. The third kappa shape index (κ3) is 3.02. The summed E-state index contributed by atoms with van der Waals surface area (Å²) in [5.41, 5.74) is 0. The zero-order valence-electron chi connectivity index (χ0n) is 13.2. The minimum atomic E-state index is -0.292. The first-order valence-electron chi connectivity index (χ1n) is 8.55. The van der Waals surface area contributed by atoms with Gasteiger partial charge in [-0.2, -0.15) is 0 Å². The number of nitrogens with one attached hydrogen (secondary N) is 1. The molecule has 2 amide bonds. The molecule has 4 aliphatic heterocycles. The fourth-order valence-corrected chi connectivity index (χ4v) is 4.89. The van der Waals surface area contributed by atoms with Crippen LogP contribution in [0.4, 0.5) is 0 Å². The first-order chi connectivity index (χ1) is 11.2. The second-order valence-electron chi connectivity index (χ2n) is 6.91. The molecule has 124 valence electrons. The summed E-state index contributed by atoms with van der Waals surface area (Å²) in [5.74, 6) is 0.769. The zero-order valence-corrected chi connectivity index (χ0v) is 14.1. The molecule has 2 bridgehead atoms. The molecule has 4 saturated heterocycles. The van der Waals surface area contributed by atoms with E-state index >= 15 is 0 Å². The number of nitrogens with zero attached hydrogens (tertiary/aromatic N) is 2. The molecule has 1 N–H and O–H groups in total. The largest absolute Gasteiger partial charge is 0.350 e. The Morgan fingerprint density at radius 3 is 2.78 bits per heavy atom. The van der Waals surface area contributed by atoms with Crippen molar-refractivity contribution in [2.45, 2.75) is 44.3 Å². The van der Waals surface area contributed by atoms with Crippen LogP contribution in [-0.4, -0.2) is 53.3 Å². The van der Waals surface area contributed by atoms with Crippen molar-refractivity contribution in [1.82, 2.24) is 15.1 Å². The van der Waals surface area contributed by atoms with Gasteiger partial charge < -0.3 is 15.1 Å². The fourth-order valence-electron chi connectivity index (χ4n) is 4.18. The molecule has 1 aromatic heterocycles. The number of likely N-dealkylation sites (tertiary alicyclic amines) is 1. The van der Waals surface area contributed by atoms with Crippen molar-refractivity contribution in [3.8, 4) is 0 Å². The van der Waals surface area contributed by atoms with Crippen molar-refractivity contribution < 1.29 is 9.59 Å². The monoisotopic (exact) mass is 333 g/mol. The SMILES string of the molecule is O=C(NC1CN2CCC1CC2)C1CCC(=O)N1Cc1cccs1. The predicted molar refractivity (Wildman–Crippen MR) is 89.0 cm³/mol. The molecule has 5 nitrogen and oxygen atoms in total. The van der Waals surface area contributed by atoms with Gasteiger partial charge in [-0.15, -0.1) is 11.3 Å². The van der Waals surface area contributed by atoms with Gasteiger partial charge >= 0.3 is 0 Å². The first-order valence-corrected chi connectivity index (χ1v) is 9.43. The highest BCUT2D eigenvalue weighted by Gasteiger charge is 2.40. The summed E-state index contributed by atoms with van der Waals surface area (Å²) < 4.78 is 0. The van der Waals surface area contributed by atoms with Gasteiger partial charge in [0.2, 0.25) is 11.8 Å². The van der Waals surface area contributed by atoms with Gasteiger partial charge in [-0.1, -0.05) is 6.07 Å². The van der Waals surface area contributed by atoms with Gasteiger partial charge in [0.25, 0.3) is 0 Å². The molecule has 23 heavy (non-hydrogen) atoms.